The molecule has 128 valence electrons. The zero-order chi connectivity index (χ0) is 17.4. The Morgan fingerprint density at radius 2 is 2.24 bits per heavy atom. The zero-order valence-electron chi connectivity index (χ0n) is 13.3. The Bertz CT molecular complexity index is 951. The molecule has 0 spiro atoms. The predicted molar refractivity (Wildman–Crippen MR) is 101 cm³/mol. The van der Waals surface area contributed by atoms with Crippen molar-refractivity contribution in [3.8, 4) is 10.4 Å². The molecule has 1 aliphatic heterocycles. The summed E-state index contributed by atoms with van der Waals surface area (Å²) < 4.78 is 0.742. The molecule has 0 bridgehead atoms. The molecule has 4 rings (SSSR count). The van der Waals surface area contributed by atoms with E-state index in [1.54, 1.807) is 0 Å². The minimum Gasteiger partial charge on any atom is -0.364 e. The number of hydrogen-bond acceptors (Lipinski definition) is 6. The number of rotatable bonds is 4. The van der Waals surface area contributed by atoms with Gasteiger partial charge >= 0.3 is 0 Å². The van der Waals surface area contributed by atoms with E-state index in [9.17, 15) is 4.79 Å². The number of carbonyl (C=O) groups excluding carboxylic acids is 1. The average molecular weight is 374 g/mol. The van der Waals surface area contributed by atoms with Gasteiger partial charge < -0.3 is 16.4 Å². The van der Waals surface area contributed by atoms with E-state index in [0.717, 1.165) is 40.0 Å². The fraction of sp³-hybridized carbons (Fsp3) is 0.235. The maximum absolute atomic E-state index is 11.7. The summed E-state index contributed by atoms with van der Waals surface area (Å²) >= 11 is 7.57. The lowest BCUT2D eigenvalue weighted by Gasteiger charge is -2.12. The highest BCUT2D eigenvalue weighted by Gasteiger charge is 2.21. The van der Waals surface area contributed by atoms with Crippen molar-refractivity contribution in [2.75, 3.05) is 18.4 Å². The molecule has 1 aromatic carbocycles. The van der Waals surface area contributed by atoms with Crippen LogP contribution >= 0.6 is 22.9 Å². The minimum absolute atomic E-state index is 0.198. The SMILES string of the molecule is NC(=O)c1nnc(NC2CCNC2)c2cc(-c3cccc(Cl)c3)sc12. The summed E-state index contributed by atoms with van der Waals surface area (Å²) in [4.78, 5) is 12.7. The summed E-state index contributed by atoms with van der Waals surface area (Å²) in [5, 5.41) is 16.5. The van der Waals surface area contributed by atoms with Crippen molar-refractivity contribution < 1.29 is 4.79 Å². The molecule has 3 heterocycles. The van der Waals surface area contributed by atoms with Crippen molar-refractivity contribution in [1.29, 1.82) is 0 Å². The molecule has 1 unspecified atom stereocenters. The van der Waals surface area contributed by atoms with Crippen LogP contribution in [-0.4, -0.2) is 35.2 Å². The number of halogens is 1. The van der Waals surface area contributed by atoms with Crippen LogP contribution < -0.4 is 16.4 Å². The Morgan fingerprint density at radius 3 is 2.96 bits per heavy atom. The Morgan fingerprint density at radius 1 is 1.36 bits per heavy atom. The first kappa shape index (κ1) is 16.3. The first-order valence-electron chi connectivity index (χ1n) is 7.95. The monoisotopic (exact) mass is 373 g/mol. The van der Waals surface area contributed by atoms with Crippen LogP contribution in [0.2, 0.25) is 5.02 Å². The van der Waals surface area contributed by atoms with Crippen molar-refractivity contribution >= 4 is 44.7 Å². The van der Waals surface area contributed by atoms with Gasteiger partial charge in [0, 0.05) is 27.9 Å². The van der Waals surface area contributed by atoms with E-state index in [1.165, 1.54) is 11.3 Å². The zero-order valence-corrected chi connectivity index (χ0v) is 14.8. The highest BCUT2D eigenvalue weighted by atomic mass is 35.5. The second kappa shape index (κ2) is 6.59. The van der Waals surface area contributed by atoms with Gasteiger partial charge in [-0.05, 0) is 36.7 Å². The molecule has 0 saturated carbocycles. The number of benzene rings is 1. The maximum atomic E-state index is 11.7. The summed E-state index contributed by atoms with van der Waals surface area (Å²) in [6.45, 7) is 1.86. The van der Waals surface area contributed by atoms with Crippen LogP contribution in [0.3, 0.4) is 0 Å². The van der Waals surface area contributed by atoms with E-state index in [-0.39, 0.29) is 5.69 Å². The number of anilines is 1. The fourth-order valence-corrected chi connectivity index (χ4v) is 4.30. The van der Waals surface area contributed by atoms with Crippen LogP contribution in [0.15, 0.2) is 30.3 Å². The smallest absolute Gasteiger partial charge is 0.270 e. The summed E-state index contributed by atoms with van der Waals surface area (Å²) in [6.07, 6.45) is 1.02. The molecule has 25 heavy (non-hydrogen) atoms. The molecule has 4 N–H and O–H groups in total. The molecular weight excluding hydrogens is 358 g/mol. The molecule has 1 saturated heterocycles. The molecule has 1 amide bonds. The first-order chi connectivity index (χ1) is 12.1. The lowest BCUT2D eigenvalue weighted by molar-refractivity contribution is 0.0996. The number of carbonyl (C=O) groups is 1. The van der Waals surface area contributed by atoms with Gasteiger partial charge in [0.15, 0.2) is 11.5 Å². The Kier molecular flexibility index (Phi) is 4.29. The Labute approximate surface area is 153 Å². The van der Waals surface area contributed by atoms with Gasteiger partial charge in [0.1, 0.15) is 0 Å². The number of thiophene rings is 1. The highest BCUT2D eigenvalue weighted by Crippen LogP contribution is 2.38. The summed E-state index contributed by atoms with van der Waals surface area (Å²) in [5.41, 5.74) is 6.66. The molecule has 1 atom stereocenters. The van der Waals surface area contributed by atoms with Crippen LogP contribution in [0.25, 0.3) is 20.5 Å². The highest BCUT2D eigenvalue weighted by molar-refractivity contribution is 7.22. The number of nitrogens with one attached hydrogen (secondary N) is 2. The molecule has 3 aromatic rings. The molecule has 8 heteroatoms. The van der Waals surface area contributed by atoms with Crippen molar-refractivity contribution in [1.82, 2.24) is 15.5 Å². The topological polar surface area (TPSA) is 92.9 Å². The lowest BCUT2D eigenvalue weighted by Crippen LogP contribution is -2.23. The molecule has 0 radical (unpaired) electrons. The van der Waals surface area contributed by atoms with E-state index >= 15 is 0 Å². The van der Waals surface area contributed by atoms with E-state index in [4.69, 9.17) is 17.3 Å². The van der Waals surface area contributed by atoms with Gasteiger partial charge in [0.05, 0.1) is 4.70 Å². The van der Waals surface area contributed by atoms with Gasteiger partial charge in [-0.1, -0.05) is 23.7 Å². The van der Waals surface area contributed by atoms with Crippen LogP contribution in [-0.2, 0) is 0 Å². The van der Waals surface area contributed by atoms with E-state index < -0.39 is 5.91 Å². The third kappa shape index (κ3) is 3.18. The van der Waals surface area contributed by atoms with E-state index in [2.05, 4.69) is 20.8 Å². The molecule has 2 aromatic heterocycles. The molecular formula is C17H16ClN5OS. The van der Waals surface area contributed by atoms with Crippen LogP contribution in [0.5, 0.6) is 0 Å². The van der Waals surface area contributed by atoms with Crippen LogP contribution in [0.1, 0.15) is 16.9 Å². The number of aromatic nitrogens is 2. The Balaban J connectivity index is 1.84. The third-order valence-corrected chi connectivity index (χ3v) is 5.62. The normalized spacial score (nSPS) is 17.1. The maximum Gasteiger partial charge on any atom is 0.270 e. The number of primary amides is 1. The number of nitrogens with two attached hydrogens (primary N) is 1. The lowest BCUT2D eigenvalue weighted by atomic mass is 10.1. The average Bonchev–Trinajstić information content (AvgIpc) is 3.24. The van der Waals surface area contributed by atoms with Crippen molar-refractivity contribution in [3.05, 3.63) is 41.0 Å². The first-order valence-corrected chi connectivity index (χ1v) is 9.14. The minimum atomic E-state index is -0.578. The largest absolute Gasteiger partial charge is 0.364 e. The van der Waals surface area contributed by atoms with Crippen molar-refractivity contribution in [3.63, 3.8) is 0 Å². The molecule has 1 aliphatic rings. The summed E-state index contributed by atoms with van der Waals surface area (Å²) in [7, 11) is 0. The summed E-state index contributed by atoms with van der Waals surface area (Å²) in [6, 6.07) is 9.91. The second-order valence-electron chi connectivity index (χ2n) is 5.96. The Hall–Kier alpha value is -2.22. The number of fused-ring (bicyclic) bond motifs is 1. The molecule has 1 fully saturated rings. The van der Waals surface area contributed by atoms with Gasteiger partial charge in [-0.3, -0.25) is 4.79 Å². The number of hydrogen-bond donors (Lipinski definition) is 3. The quantitative estimate of drug-likeness (QED) is 0.653. The van der Waals surface area contributed by atoms with Gasteiger partial charge in [-0.2, -0.15) is 0 Å². The van der Waals surface area contributed by atoms with Crippen LogP contribution in [0.4, 0.5) is 5.82 Å². The standard InChI is InChI=1S/C17H16ClN5OS/c18-10-3-1-2-9(6-10)13-7-12-15(25-13)14(16(19)24)22-23-17(12)21-11-4-5-20-8-11/h1-3,6-7,11,20H,4-5,8H2,(H2,19,24)(H,21,23). The van der Waals surface area contributed by atoms with Gasteiger partial charge in [0.2, 0.25) is 0 Å². The van der Waals surface area contributed by atoms with Crippen LogP contribution in [0, 0.1) is 0 Å². The number of amides is 1. The van der Waals surface area contributed by atoms with E-state index in [1.807, 2.05) is 30.3 Å². The predicted octanol–water partition coefficient (Wildman–Crippen LogP) is 2.88. The second-order valence-corrected chi connectivity index (χ2v) is 7.45. The summed E-state index contributed by atoms with van der Waals surface area (Å²) in [5.74, 6) is 0.101. The van der Waals surface area contributed by atoms with Gasteiger partial charge in [-0.15, -0.1) is 21.5 Å². The third-order valence-electron chi connectivity index (χ3n) is 4.20. The van der Waals surface area contributed by atoms with Gasteiger partial charge in [0.25, 0.3) is 5.91 Å². The van der Waals surface area contributed by atoms with Gasteiger partial charge in [-0.25, -0.2) is 0 Å². The van der Waals surface area contributed by atoms with Crippen molar-refractivity contribution in [2.45, 2.75) is 12.5 Å². The van der Waals surface area contributed by atoms with E-state index in [0.29, 0.717) is 16.9 Å². The molecule has 0 aliphatic carbocycles. The van der Waals surface area contributed by atoms with Crippen molar-refractivity contribution in [2.24, 2.45) is 5.73 Å². The molecule has 6 nitrogen and oxygen atoms in total. The fourth-order valence-electron chi connectivity index (χ4n) is 2.97. The number of nitrogens with zero attached hydrogens (tertiary/aromatic N) is 2.